The van der Waals surface area contributed by atoms with Crippen LogP contribution in [0.15, 0.2) is 47.5 Å². The number of ether oxygens (including phenoxy) is 1. The fourth-order valence-corrected chi connectivity index (χ4v) is 3.70. The SMILES string of the molecule is CCNC(=NCc1cc(OC)ccc1O)NC1CCN(Cc2ccc(Cl)cc2)CC1. The van der Waals surface area contributed by atoms with Gasteiger partial charge in [0.2, 0.25) is 0 Å². The molecule has 30 heavy (non-hydrogen) atoms. The standard InChI is InChI=1S/C23H31ClN4O2/c1-3-25-23(26-15-18-14-21(30-2)8-9-22(18)29)27-20-10-12-28(13-11-20)16-17-4-6-19(24)7-5-17/h4-9,14,20,29H,3,10-13,15-16H2,1-2H3,(H2,25,26,27). The van der Waals surface area contributed by atoms with Crippen molar-refractivity contribution in [2.75, 3.05) is 26.7 Å². The summed E-state index contributed by atoms with van der Waals surface area (Å²) in [6.07, 6.45) is 2.12. The molecule has 1 fully saturated rings. The minimum Gasteiger partial charge on any atom is -0.508 e. The predicted molar refractivity (Wildman–Crippen MR) is 122 cm³/mol. The second-order valence-corrected chi connectivity index (χ2v) is 7.95. The van der Waals surface area contributed by atoms with Crippen LogP contribution in [0.1, 0.15) is 30.9 Å². The fourth-order valence-electron chi connectivity index (χ4n) is 3.58. The summed E-state index contributed by atoms with van der Waals surface area (Å²) < 4.78 is 5.24. The molecule has 3 rings (SSSR count). The van der Waals surface area contributed by atoms with Gasteiger partial charge in [0.1, 0.15) is 11.5 Å². The average Bonchev–Trinajstić information content (AvgIpc) is 2.76. The van der Waals surface area contributed by atoms with Crippen LogP contribution in [0, 0.1) is 0 Å². The van der Waals surface area contributed by atoms with Crippen molar-refractivity contribution in [1.29, 1.82) is 0 Å². The van der Waals surface area contributed by atoms with E-state index in [-0.39, 0.29) is 5.75 Å². The van der Waals surface area contributed by atoms with Gasteiger partial charge in [0.05, 0.1) is 13.7 Å². The molecule has 6 nitrogen and oxygen atoms in total. The summed E-state index contributed by atoms with van der Waals surface area (Å²) >= 11 is 5.98. The van der Waals surface area contributed by atoms with Crippen molar-refractivity contribution in [3.05, 3.63) is 58.6 Å². The van der Waals surface area contributed by atoms with Crippen LogP contribution in [-0.2, 0) is 13.1 Å². The molecule has 0 amide bonds. The number of likely N-dealkylation sites (tertiary alicyclic amines) is 1. The summed E-state index contributed by atoms with van der Waals surface area (Å²) in [6.45, 7) is 6.24. The third kappa shape index (κ3) is 6.54. The van der Waals surface area contributed by atoms with E-state index < -0.39 is 0 Å². The minimum atomic E-state index is 0.228. The number of nitrogens with zero attached hydrogens (tertiary/aromatic N) is 2. The molecule has 2 aromatic carbocycles. The summed E-state index contributed by atoms with van der Waals surface area (Å²) in [4.78, 5) is 7.13. The molecule has 3 N–H and O–H groups in total. The van der Waals surface area contributed by atoms with Gasteiger partial charge in [-0.2, -0.15) is 0 Å². The molecular formula is C23H31ClN4O2. The molecule has 0 bridgehead atoms. The van der Waals surface area contributed by atoms with E-state index in [1.54, 1.807) is 19.2 Å². The third-order valence-corrected chi connectivity index (χ3v) is 5.54. The minimum absolute atomic E-state index is 0.228. The van der Waals surface area contributed by atoms with E-state index in [9.17, 15) is 5.11 Å². The van der Waals surface area contributed by atoms with E-state index in [2.05, 4.69) is 39.6 Å². The number of aromatic hydroxyl groups is 1. The van der Waals surface area contributed by atoms with Crippen molar-refractivity contribution in [3.63, 3.8) is 0 Å². The maximum Gasteiger partial charge on any atom is 0.191 e. The number of hydrogen-bond donors (Lipinski definition) is 3. The number of hydrogen-bond acceptors (Lipinski definition) is 4. The number of phenolic OH excluding ortho intramolecular Hbond substituents is 1. The first-order valence-electron chi connectivity index (χ1n) is 10.4. The van der Waals surface area contributed by atoms with Gasteiger partial charge in [-0.15, -0.1) is 0 Å². The molecule has 1 aliphatic rings. The zero-order valence-electron chi connectivity index (χ0n) is 17.7. The van der Waals surface area contributed by atoms with E-state index in [4.69, 9.17) is 16.3 Å². The number of phenols is 1. The van der Waals surface area contributed by atoms with Gasteiger partial charge in [0, 0.05) is 42.8 Å². The largest absolute Gasteiger partial charge is 0.508 e. The highest BCUT2D eigenvalue weighted by molar-refractivity contribution is 6.30. The van der Waals surface area contributed by atoms with E-state index in [1.165, 1.54) is 5.56 Å². The molecule has 162 valence electrons. The highest BCUT2D eigenvalue weighted by Gasteiger charge is 2.20. The summed E-state index contributed by atoms with van der Waals surface area (Å²) in [7, 11) is 1.62. The lowest BCUT2D eigenvalue weighted by atomic mass is 10.0. The Morgan fingerprint density at radius 1 is 1.20 bits per heavy atom. The number of benzene rings is 2. The lowest BCUT2D eigenvalue weighted by Crippen LogP contribution is -2.48. The molecule has 1 saturated heterocycles. The van der Waals surface area contributed by atoms with Crippen molar-refractivity contribution in [2.45, 2.75) is 38.9 Å². The highest BCUT2D eigenvalue weighted by atomic mass is 35.5. The van der Waals surface area contributed by atoms with E-state index in [0.717, 1.165) is 55.6 Å². The second-order valence-electron chi connectivity index (χ2n) is 7.51. The molecule has 0 radical (unpaired) electrons. The van der Waals surface area contributed by atoms with Crippen LogP contribution in [0.2, 0.25) is 5.02 Å². The summed E-state index contributed by atoms with van der Waals surface area (Å²) in [5.41, 5.74) is 2.03. The first-order chi connectivity index (χ1) is 14.6. The Morgan fingerprint density at radius 2 is 1.93 bits per heavy atom. The maximum atomic E-state index is 10.1. The van der Waals surface area contributed by atoms with Gasteiger partial charge in [-0.25, -0.2) is 4.99 Å². The monoisotopic (exact) mass is 430 g/mol. The van der Waals surface area contributed by atoms with Crippen molar-refractivity contribution in [2.24, 2.45) is 4.99 Å². The van der Waals surface area contributed by atoms with Crippen LogP contribution < -0.4 is 15.4 Å². The zero-order valence-corrected chi connectivity index (χ0v) is 18.5. The smallest absolute Gasteiger partial charge is 0.191 e. The van der Waals surface area contributed by atoms with Crippen molar-refractivity contribution < 1.29 is 9.84 Å². The van der Waals surface area contributed by atoms with E-state index >= 15 is 0 Å². The van der Waals surface area contributed by atoms with Gasteiger partial charge in [-0.1, -0.05) is 23.7 Å². The number of piperidine rings is 1. The van der Waals surface area contributed by atoms with E-state index in [1.807, 2.05) is 18.2 Å². The fraction of sp³-hybridized carbons (Fsp3) is 0.435. The van der Waals surface area contributed by atoms with Crippen LogP contribution in [-0.4, -0.2) is 48.8 Å². The third-order valence-electron chi connectivity index (χ3n) is 5.29. The van der Waals surface area contributed by atoms with Gasteiger partial charge in [-0.05, 0) is 55.7 Å². The molecule has 0 saturated carbocycles. The van der Waals surface area contributed by atoms with Crippen LogP contribution in [0.4, 0.5) is 0 Å². The van der Waals surface area contributed by atoms with Gasteiger partial charge in [0.15, 0.2) is 5.96 Å². The average molecular weight is 431 g/mol. The first-order valence-corrected chi connectivity index (χ1v) is 10.8. The number of guanidine groups is 1. The van der Waals surface area contributed by atoms with E-state index in [0.29, 0.717) is 18.3 Å². The maximum absolute atomic E-state index is 10.1. The normalized spacial score (nSPS) is 15.8. The molecular weight excluding hydrogens is 400 g/mol. The molecule has 2 aromatic rings. The molecule has 1 aliphatic heterocycles. The molecule has 1 heterocycles. The number of rotatable bonds is 7. The van der Waals surface area contributed by atoms with Crippen LogP contribution in [0.5, 0.6) is 11.5 Å². The van der Waals surface area contributed by atoms with Gasteiger partial charge in [0.25, 0.3) is 0 Å². The zero-order chi connectivity index (χ0) is 21.3. The second kappa shape index (κ2) is 11.1. The molecule has 0 atom stereocenters. The molecule has 7 heteroatoms. The van der Waals surface area contributed by atoms with Gasteiger partial charge >= 0.3 is 0 Å². The molecule has 0 unspecified atom stereocenters. The molecule has 0 aromatic heterocycles. The lowest BCUT2D eigenvalue weighted by molar-refractivity contribution is 0.198. The van der Waals surface area contributed by atoms with Gasteiger partial charge in [-0.3, -0.25) is 4.90 Å². The number of halogens is 1. The van der Waals surface area contributed by atoms with Gasteiger partial charge < -0.3 is 20.5 Å². The summed E-state index contributed by atoms with van der Waals surface area (Å²) in [5.74, 6) is 1.71. The Labute approximate surface area is 183 Å². The topological polar surface area (TPSA) is 69.1 Å². The van der Waals surface area contributed by atoms with Crippen LogP contribution >= 0.6 is 11.6 Å². The Kier molecular flexibility index (Phi) is 8.22. The number of nitrogens with one attached hydrogen (secondary N) is 2. The Morgan fingerprint density at radius 3 is 2.60 bits per heavy atom. The van der Waals surface area contributed by atoms with Crippen LogP contribution in [0.3, 0.4) is 0 Å². The van der Waals surface area contributed by atoms with Crippen LogP contribution in [0.25, 0.3) is 0 Å². The Bertz CT molecular complexity index is 834. The van der Waals surface area contributed by atoms with Crippen molar-refractivity contribution in [3.8, 4) is 11.5 Å². The number of methoxy groups -OCH3 is 1. The number of aliphatic imine (C=N–C) groups is 1. The van der Waals surface area contributed by atoms with Crippen molar-refractivity contribution in [1.82, 2.24) is 15.5 Å². The molecule has 0 aliphatic carbocycles. The highest BCUT2D eigenvalue weighted by Crippen LogP contribution is 2.23. The summed E-state index contributed by atoms with van der Waals surface area (Å²) in [5, 5.41) is 17.7. The molecule has 0 spiro atoms. The van der Waals surface area contributed by atoms with Crippen molar-refractivity contribution >= 4 is 17.6 Å². The summed E-state index contributed by atoms with van der Waals surface area (Å²) in [6, 6.07) is 13.7. The quantitative estimate of drug-likeness (QED) is 0.460. The predicted octanol–water partition coefficient (Wildman–Crippen LogP) is 3.77. The Balaban J connectivity index is 1.53. The lowest BCUT2D eigenvalue weighted by Gasteiger charge is -2.33. The first kappa shape index (κ1) is 22.2. The Hall–Kier alpha value is -2.44.